The number of thioether (sulfide) groups is 1. The third-order valence-electron chi connectivity index (χ3n) is 4.95. The molecule has 2 nitrogen and oxygen atoms in total. The Morgan fingerprint density at radius 3 is 1.48 bits per heavy atom. The minimum Gasteiger partial charge on any atom is -0.365 e. The van der Waals surface area contributed by atoms with Gasteiger partial charge in [-0.1, -0.05) is 53.4 Å². The second-order valence-corrected chi connectivity index (χ2v) is 7.90. The van der Waals surface area contributed by atoms with Crippen LogP contribution < -0.4 is 0 Å². The van der Waals surface area contributed by atoms with Gasteiger partial charge in [-0.2, -0.15) is 11.8 Å². The van der Waals surface area contributed by atoms with Crippen LogP contribution in [0.1, 0.15) is 79.1 Å². The molecule has 21 heavy (non-hydrogen) atoms. The van der Waals surface area contributed by atoms with E-state index in [1.807, 2.05) is 0 Å². The SMILES string of the molecule is CCCC1OC1(CCC)CSCC1(CCC)OC1CCC. The third-order valence-corrected chi connectivity index (χ3v) is 6.34. The van der Waals surface area contributed by atoms with E-state index < -0.39 is 0 Å². The van der Waals surface area contributed by atoms with Crippen LogP contribution in [0.15, 0.2) is 0 Å². The summed E-state index contributed by atoms with van der Waals surface area (Å²) in [5.74, 6) is 2.33. The Kier molecular flexibility index (Phi) is 6.46. The Morgan fingerprint density at radius 2 is 1.14 bits per heavy atom. The van der Waals surface area contributed by atoms with Crippen LogP contribution in [0.25, 0.3) is 0 Å². The van der Waals surface area contributed by atoms with Gasteiger partial charge in [-0.05, 0) is 25.7 Å². The van der Waals surface area contributed by atoms with E-state index in [0.29, 0.717) is 12.2 Å². The van der Waals surface area contributed by atoms with Gasteiger partial charge in [0.25, 0.3) is 0 Å². The van der Waals surface area contributed by atoms with Crippen molar-refractivity contribution in [3.63, 3.8) is 0 Å². The van der Waals surface area contributed by atoms with Crippen LogP contribution in [0.3, 0.4) is 0 Å². The van der Waals surface area contributed by atoms with Crippen LogP contribution in [-0.4, -0.2) is 34.9 Å². The van der Waals surface area contributed by atoms with Crippen LogP contribution >= 0.6 is 11.8 Å². The molecular formula is C18H34O2S. The van der Waals surface area contributed by atoms with Crippen LogP contribution in [0.2, 0.25) is 0 Å². The Hall–Kier alpha value is 0.270. The maximum Gasteiger partial charge on any atom is 0.104 e. The summed E-state index contributed by atoms with van der Waals surface area (Å²) >= 11 is 2.08. The van der Waals surface area contributed by atoms with Crippen molar-refractivity contribution in [2.75, 3.05) is 11.5 Å². The monoisotopic (exact) mass is 314 g/mol. The standard InChI is InChI=1S/C18H34O2S/c1-5-9-15-17(19-15,11-7-3)13-21-14-18(12-8-4)16(20-18)10-6-2/h15-16H,5-14H2,1-4H3. The Morgan fingerprint density at radius 1 is 0.714 bits per heavy atom. The molecule has 0 amide bonds. The molecule has 4 unspecified atom stereocenters. The molecule has 4 atom stereocenters. The molecule has 2 heterocycles. The number of epoxide rings is 2. The van der Waals surface area contributed by atoms with Gasteiger partial charge >= 0.3 is 0 Å². The average molecular weight is 315 g/mol. The van der Waals surface area contributed by atoms with Crippen molar-refractivity contribution in [3.05, 3.63) is 0 Å². The van der Waals surface area contributed by atoms with Crippen LogP contribution in [0.5, 0.6) is 0 Å². The van der Waals surface area contributed by atoms with E-state index in [1.165, 1.54) is 62.9 Å². The molecule has 124 valence electrons. The van der Waals surface area contributed by atoms with Gasteiger partial charge in [0.05, 0.1) is 12.2 Å². The van der Waals surface area contributed by atoms with Crippen molar-refractivity contribution in [2.24, 2.45) is 0 Å². The predicted octanol–water partition coefficient (Wildman–Crippen LogP) is 5.20. The lowest BCUT2D eigenvalue weighted by atomic mass is 9.99. The molecule has 3 heteroatoms. The highest BCUT2D eigenvalue weighted by atomic mass is 32.2. The molecule has 2 saturated heterocycles. The van der Waals surface area contributed by atoms with Gasteiger partial charge in [0, 0.05) is 11.5 Å². The fourth-order valence-corrected chi connectivity index (χ4v) is 5.34. The van der Waals surface area contributed by atoms with Gasteiger partial charge < -0.3 is 9.47 Å². The smallest absolute Gasteiger partial charge is 0.104 e. The van der Waals surface area contributed by atoms with E-state index in [1.54, 1.807) is 0 Å². The fourth-order valence-electron chi connectivity index (χ4n) is 3.75. The number of hydrogen-bond acceptors (Lipinski definition) is 3. The van der Waals surface area contributed by atoms with Gasteiger partial charge in [-0.25, -0.2) is 0 Å². The van der Waals surface area contributed by atoms with Gasteiger partial charge in [-0.15, -0.1) is 0 Å². The van der Waals surface area contributed by atoms with Crippen molar-refractivity contribution in [1.82, 2.24) is 0 Å². The predicted molar refractivity (Wildman–Crippen MR) is 92.2 cm³/mol. The second-order valence-electron chi connectivity index (χ2n) is 6.91. The lowest BCUT2D eigenvalue weighted by Crippen LogP contribution is -2.23. The summed E-state index contributed by atoms with van der Waals surface area (Å²) in [5.41, 5.74) is 0.413. The molecule has 0 spiro atoms. The summed E-state index contributed by atoms with van der Waals surface area (Å²) in [7, 11) is 0. The number of hydrogen-bond donors (Lipinski definition) is 0. The summed E-state index contributed by atoms with van der Waals surface area (Å²) < 4.78 is 12.2. The summed E-state index contributed by atoms with van der Waals surface area (Å²) in [4.78, 5) is 0. The molecule has 0 N–H and O–H groups in total. The molecular weight excluding hydrogens is 280 g/mol. The largest absolute Gasteiger partial charge is 0.365 e. The Labute approximate surface area is 135 Å². The molecule has 2 rings (SSSR count). The highest BCUT2D eigenvalue weighted by molar-refractivity contribution is 7.99. The summed E-state index contributed by atoms with van der Waals surface area (Å²) in [6, 6.07) is 0. The average Bonchev–Trinajstić information content (AvgIpc) is 3.31. The molecule has 0 aromatic rings. The lowest BCUT2D eigenvalue weighted by Gasteiger charge is -2.15. The number of rotatable bonds is 12. The fraction of sp³-hybridized carbons (Fsp3) is 1.00. The normalized spacial score (nSPS) is 37.7. The van der Waals surface area contributed by atoms with E-state index >= 15 is 0 Å². The van der Waals surface area contributed by atoms with Gasteiger partial charge in [0.2, 0.25) is 0 Å². The highest BCUT2D eigenvalue weighted by Crippen LogP contribution is 2.49. The topological polar surface area (TPSA) is 25.1 Å². The molecule has 2 aliphatic rings. The maximum atomic E-state index is 6.09. The summed E-state index contributed by atoms with van der Waals surface area (Å²) in [6.07, 6.45) is 10.9. The second kappa shape index (κ2) is 7.70. The molecule has 0 aromatic carbocycles. The van der Waals surface area contributed by atoms with E-state index in [4.69, 9.17) is 9.47 Å². The van der Waals surface area contributed by atoms with E-state index in [0.717, 1.165) is 0 Å². The maximum absolute atomic E-state index is 6.09. The van der Waals surface area contributed by atoms with E-state index in [2.05, 4.69) is 39.5 Å². The minimum absolute atomic E-state index is 0.206. The van der Waals surface area contributed by atoms with E-state index in [-0.39, 0.29) is 11.2 Å². The van der Waals surface area contributed by atoms with Crippen molar-refractivity contribution in [1.29, 1.82) is 0 Å². The summed E-state index contributed by atoms with van der Waals surface area (Å²) in [5, 5.41) is 0. The summed E-state index contributed by atoms with van der Waals surface area (Å²) in [6.45, 7) is 9.07. The molecule has 0 saturated carbocycles. The highest BCUT2D eigenvalue weighted by Gasteiger charge is 2.57. The minimum atomic E-state index is 0.206. The van der Waals surface area contributed by atoms with Gasteiger partial charge in [0.15, 0.2) is 0 Å². The van der Waals surface area contributed by atoms with Gasteiger partial charge in [0.1, 0.15) is 11.2 Å². The first kappa shape index (κ1) is 17.6. The zero-order valence-corrected chi connectivity index (χ0v) is 15.3. The first-order valence-corrected chi connectivity index (χ1v) is 10.2. The quantitative estimate of drug-likeness (QED) is 0.463. The molecule has 0 aromatic heterocycles. The van der Waals surface area contributed by atoms with Crippen LogP contribution in [0, 0.1) is 0 Å². The molecule has 2 aliphatic heterocycles. The van der Waals surface area contributed by atoms with Gasteiger partial charge in [-0.3, -0.25) is 0 Å². The molecule has 0 aliphatic carbocycles. The zero-order valence-electron chi connectivity index (χ0n) is 14.5. The first-order valence-electron chi connectivity index (χ1n) is 9.09. The van der Waals surface area contributed by atoms with Crippen LogP contribution in [0.4, 0.5) is 0 Å². The first-order chi connectivity index (χ1) is 10.2. The van der Waals surface area contributed by atoms with Crippen molar-refractivity contribution in [2.45, 2.75) is 102 Å². The third kappa shape index (κ3) is 4.17. The number of ether oxygens (including phenoxy) is 2. The zero-order chi connectivity index (χ0) is 15.3. The van der Waals surface area contributed by atoms with Crippen molar-refractivity contribution < 1.29 is 9.47 Å². The van der Waals surface area contributed by atoms with Crippen molar-refractivity contribution >= 4 is 11.8 Å². The Balaban J connectivity index is 1.77. The van der Waals surface area contributed by atoms with Crippen molar-refractivity contribution in [3.8, 4) is 0 Å². The van der Waals surface area contributed by atoms with Crippen LogP contribution in [-0.2, 0) is 9.47 Å². The lowest BCUT2D eigenvalue weighted by molar-refractivity contribution is 0.292. The van der Waals surface area contributed by atoms with E-state index in [9.17, 15) is 0 Å². The molecule has 2 fully saturated rings. The molecule has 0 bridgehead atoms. The molecule has 0 radical (unpaired) electrons. The Bertz CT molecular complexity index is 292.